The van der Waals surface area contributed by atoms with Gasteiger partial charge in [-0.25, -0.2) is 4.99 Å². The Kier molecular flexibility index (Phi) is 4.27. The number of aromatic hydroxyl groups is 2. The Morgan fingerprint density at radius 2 is 2.00 bits per heavy atom. The lowest BCUT2D eigenvalue weighted by Crippen LogP contribution is -2.29. The van der Waals surface area contributed by atoms with E-state index in [0.717, 1.165) is 11.1 Å². The van der Waals surface area contributed by atoms with Crippen molar-refractivity contribution in [3.63, 3.8) is 0 Å². The van der Waals surface area contributed by atoms with Gasteiger partial charge in [-0.3, -0.25) is 0 Å². The van der Waals surface area contributed by atoms with E-state index in [-0.39, 0.29) is 17.1 Å². The lowest BCUT2D eigenvalue weighted by Gasteiger charge is -2.17. The molecular weight excluding hydrogens is 328 g/mol. The number of nitrogens with one attached hydrogen (secondary N) is 2. The van der Waals surface area contributed by atoms with Gasteiger partial charge in [-0.1, -0.05) is 17.7 Å². The molecule has 2 aromatic rings. The van der Waals surface area contributed by atoms with Gasteiger partial charge in [0.25, 0.3) is 0 Å². The molecule has 1 aliphatic heterocycles. The summed E-state index contributed by atoms with van der Waals surface area (Å²) in [5.41, 5.74) is 2.30. The average Bonchev–Trinajstić information content (AvgIpc) is 2.59. The molecule has 0 amide bonds. The van der Waals surface area contributed by atoms with Crippen LogP contribution in [0.3, 0.4) is 0 Å². The highest BCUT2D eigenvalue weighted by molar-refractivity contribution is 6.31. The van der Waals surface area contributed by atoms with Crippen LogP contribution in [0.5, 0.6) is 11.5 Å². The van der Waals surface area contributed by atoms with E-state index in [1.54, 1.807) is 30.5 Å². The number of aliphatic imine (C=N–C) groups is 1. The third-order valence-electron chi connectivity index (χ3n) is 3.49. The summed E-state index contributed by atoms with van der Waals surface area (Å²) in [6.07, 6.45) is 1.75. The minimum atomic E-state index is -0.0624. The molecule has 2 aromatic carbocycles. The summed E-state index contributed by atoms with van der Waals surface area (Å²) in [4.78, 5) is 4.35. The van der Waals surface area contributed by atoms with Crippen LogP contribution in [-0.2, 0) is 0 Å². The second kappa shape index (κ2) is 6.52. The molecule has 0 saturated carbocycles. The van der Waals surface area contributed by atoms with Gasteiger partial charge in [0.15, 0.2) is 5.96 Å². The van der Waals surface area contributed by atoms with E-state index in [9.17, 15) is 10.2 Å². The molecule has 6 nitrogen and oxygen atoms in total. The number of halogens is 1. The van der Waals surface area contributed by atoms with Crippen LogP contribution in [0.2, 0.25) is 5.02 Å². The van der Waals surface area contributed by atoms with Gasteiger partial charge < -0.3 is 20.8 Å². The number of hydrogen-bond acceptors (Lipinski definition) is 6. The van der Waals surface area contributed by atoms with Crippen molar-refractivity contribution in [2.24, 2.45) is 4.99 Å². The van der Waals surface area contributed by atoms with Gasteiger partial charge in [-0.2, -0.15) is 5.26 Å². The van der Waals surface area contributed by atoms with E-state index in [2.05, 4.69) is 15.6 Å². The van der Waals surface area contributed by atoms with Crippen molar-refractivity contribution in [1.29, 1.82) is 5.26 Å². The molecule has 0 unspecified atom stereocenters. The molecule has 0 aliphatic carbocycles. The number of nitriles is 1. The Balaban J connectivity index is 1.73. The van der Waals surface area contributed by atoms with Crippen LogP contribution in [-0.4, -0.2) is 22.7 Å². The van der Waals surface area contributed by atoms with Crippen molar-refractivity contribution < 1.29 is 10.2 Å². The minimum Gasteiger partial charge on any atom is -0.507 e. The number of nitrogens with zero attached hydrogens (tertiary/aromatic N) is 2. The van der Waals surface area contributed by atoms with E-state index in [0.29, 0.717) is 23.2 Å². The zero-order chi connectivity index (χ0) is 17.1. The molecule has 0 spiro atoms. The summed E-state index contributed by atoms with van der Waals surface area (Å²) < 4.78 is 0. The van der Waals surface area contributed by atoms with Gasteiger partial charge in [0.1, 0.15) is 17.6 Å². The Hall–Kier alpha value is -3.17. The average molecular weight is 341 g/mol. The Morgan fingerprint density at radius 3 is 2.67 bits per heavy atom. The van der Waals surface area contributed by atoms with Crippen molar-refractivity contribution in [3.05, 3.63) is 58.7 Å². The van der Waals surface area contributed by atoms with Crippen LogP contribution in [0.15, 0.2) is 47.6 Å². The minimum absolute atomic E-state index is 0.0624. The third-order valence-corrected chi connectivity index (χ3v) is 3.73. The first kappa shape index (κ1) is 15.7. The molecule has 0 radical (unpaired) electrons. The highest BCUT2D eigenvalue weighted by Crippen LogP contribution is 2.27. The summed E-state index contributed by atoms with van der Waals surface area (Å²) in [5, 5.41) is 34.9. The van der Waals surface area contributed by atoms with E-state index >= 15 is 0 Å². The standard InChI is InChI=1S/C17H13ClN4O2/c18-13-3-4-15(23)14(6-13)22-17-20-8-12(9-21-17)10-1-2-11(7-19)16(24)5-10/h1-6,8,23-24H,9H2,(H2,20,21,22). The lowest BCUT2D eigenvalue weighted by atomic mass is 10.0. The molecule has 7 heteroatoms. The third kappa shape index (κ3) is 3.26. The van der Waals surface area contributed by atoms with Crippen LogP contribution in [0.1, 0.15) is 11.1 Å². The molecule has 0 fully saturated rings. The predicted molar refractivity (Wildman–Crippen MR) is 93.0 cm³/mol. The van der Waals surface area contributed by atoms with E-state index in [4.69, 9.17) is 16.9 Å². The van der Waals surface area contributed by atoms with Crippen molar-refractivity contribution in [2.75, 3.05) is 11.9 Å². The highest BCUT2D eigenvalue weighted by atomic mass is 35.5. The van der Waals surface area contributed by atoms with Crippen LogP contribution in [0.25, 0.3) is 5.57 Å². The fourth-order valence-corrected chi connectivity index (χ4v) is 2.40. The van der Waals surface area contributed by atoms with Gasteiger partial charge in [0, 0.05) is 11.2 Å². The second-order valence-corrected chi connectivity index (χ2v) is 5.55. The monoisotopic (exact) mass is 340 g/mol. The number of benzene rings is 2. The molecule has 3 rings (SSSR count). The number of hydrogen-bond donors (Lipinski definition) is 4. The molecule has 0 aromatic heterocycles. The summed E-state index contributed by atoms with van der Waals surface area (Å²) in [7, 11) is 0. The SMILES string of the molecule is N#Cc1ccc(C2=CNC(Nc3cc(Cl)ccc3O)=NC2)cc1O. The van der Waals surface area contributed by atoms with Gasteiger partial charge in [-0.05, 0) is 41.5 Å². The second-order valence-electron chi connectivity index (χ2n) is 5.11. The Morgan fingerprint density at radius 1 is 1.17 bits per heavy atom. The van der Waals surface area contributed by atoms with Crippen LogP contribution < -0.4 is 10.6 Å². The van der Waals surface area contributed by atoms with Crippen molar-refractivity contribution in [1.82, 2.24) is 5.32 Å². The first-order valence-corrected chi connectivity index (χ1v) is 7.43. The Bertz CT molecular complexity index is 900. The zero-order valence-electron chi connectivity index (χ0n) is 12.4. The van der Waals surface area contributed by atoms with Crippen LogP contribution in [0.4, 0.5) is 5.69 Å². The molecule has 0 atom stereocenters. The normalized spacial score (nSPS) is 13.3. The summed E-state index contributed by atoms with van der Waals surface area (Å²) in [6, 6.07) is 11.4. The van der Waals surface area contributed by atoms with Crippen molar-refractivity contribution >= 4 is 28.8 Å². The lowest BCUT2D eigenvalue weighted by molar-refractivity contribution is 0.473. The quantitative estimate of drug-likeness (QED) is 0.629. The molecule has 1 heterocycles. The molecule has 120 valence electrons. The van der Waals surface area contributed by atoms with Crippen LogP contribution in [0, 0.1) is 11.3 Å². The molecule has 1 aliphatic rings. The maximum atomic E-state index is 9.80. The van der Waals surface area contributed by atoms with E-state index in [1.807, 2.05) is 6.07 Å². The largest absolute Gasteiger partial charge is 0.507 e. The molecule has 24 heavy (non-hydrogen) atoms. The number of phenols is 2. The molecule has 4 N–H and O–H groups in total. The topological polar surface area (TPSA) is 101 Å². The molecular formula is C17H13ClN4O2. The number of rotatable bonds is 2. The van der Waals surface area contributed by atoms with Crippen molar-refractivity contribution in [2.45, 2.75) is 0 Å². The molecule has 0 saturated heterocycles. The fourth-order valence-electron chi connectivity index (χ4n) is 2.22. The maximum absolute atomic E-state index is 9.80. The van der Waals surface area contributed by atoms with Gasteiger partial charge in [0.2, 0.25) is 0 Å². The summed E-state index contributed by atoms with van der Waals surface area (Å²) >= 11 is 5.91. The molecule has 0 bridgehead atoms. The summed E-state index contributed by atoms with van der Waals surface area (Å²) in [5.74, 6) is 0.470. The van der Waals surface area contributed by atoms with Gasteiger partial charge in [0.05, 0.1) is 17.8 Å². The highest BCUT2D eigenvalue weighted by Gasteiger charge is 2.12. The summed E-state index contributed by atoms with van der Waals surface area (Å²) in [6.45, 7) is 0.377. The Labute approximate surface area is 143 Å². The number of guanidine groups is 1. The first-order valence-electron chi connectivity index (χ1n) is 7.06. The maximum Gasteiger partial charge on any atom is 0.200 e. The number of phenolic OH excluding ortho intramolecular Hbond substituents is 2. The zero-order valence-corrected chi connectivity index (χ0v) is 13.2. The predicted octanol–water partition coefficient (Wildman–Crippen LogP) is 3.04. The van der Waals surface area contributed by atoms with E-state index < -0.39 is 0 Å². The van der Waals surface area contributed by atoms with Gasteiger partial charge >= 0.3 is 0 Å². The van der Waals surface area contributed by atoms with E-state index in [1.165, 1.54) is 12.1 Å². The first-order chi connectivity index (χ1) is 11.6. The fraction of sp³-hybridized carbons (Fsp3) is 0.0588. The van der Waals surface area contributed by atoms with Gasteiger partial charge in [-0.15, -0.1) is 0 Å². The number of anilines is 1. The smallest absolute Gasteiger partial charge is 0.200 e. The van der Waals surface area contributed by atoms with Crippen molar-refractivity contribution in [3.8, 4) is 17.6 Å². The van der Waals surface area contributed by atoms with Crippen LogP contribution >= 0.6 is 11.6 Å².